The number of hydrogen-bond donors (Lipinski definition) is 2. The third-order valence-corrected chi connectivity index (χ3v) is 4.26. The van der Waals surface area contributed by atoms with Gasteiger partial charge in [0.2, 0.25) is 0 Å². The number of carbonyl (C=O) groups is 1. The molecule has 140 valence electrons. The minimum Gasteiger partial charge on any atom is -0.493 e. The van der Waals surface area contributed by atoms with Crippen LogP contribution in [0.4, 0.5) is 5.69 Å². The van der Waals surface area contributed by atoms with Gasteiger partial charge in [0.25, 0.3) is 5.91 Å². The summed E-state index contributed by atoms with van der Waals surface area (Å²) in [5.74, 6) is 1.49. The van der Waals surface area contributed by atoms with Crippen LogP contribution in [0.5, 0.6) is 11.5 Å². The van der Waals surface area contributed by atoms with Gasteiger partial charge in [0.05, 0.1) is 27.8 Å². The topological polar surface area (TPSA) is 52.0 Å². The molecule has 0 aliphatic rings. The van der Waals surface area contributed by atoms with Gasteiger partial charge in [-0.05, 0) is 54.8 Å². The van der Waals surface area contributed by atoms with E-state index in [0.717, 1.165) is 51.7 Å². The first-order chi connectivity index (χ1) is 12.4. The number of rotatable bonds is 8. The number of nitrogens with one attached hydrogen (secondary N) is 2. The largest absolute Gasteiger partial charge is 0.493 e. The highest BCUT2D eigenvalue weighted by atomic mass is 16.5. The van der Waals surface area contributed by atoms with Crippen molar-refractivity contribution < 1.29 is 19.2 Å². The lowest BCUT2D eigenvalue weighted by Gasteiger charge is -2.15. The number of carbonyl (C=O) groups excluding carboxylic acids is 1. The van der Waals surface area contributed by atoms with E-state index in [-0.39, 0.29) is 5.91 Å². The van der Waals surface area contributed by atoms with E-state index in [1.165, 1.54) is 0 Å². The first kappa shape index (κ1) is 19.8. The van der Waals surface area contributed by atoms with Crippen molar-refractivity contribution in [3.8, 4) is 11.5 Å². The van der Waals surface area contributed by atoms with Gasteiger partial charge < -0.3 is 19.7 Å². The van der Waals surface area contributed by atoms with Crippen LogP contribution in [0.1, 0.15) is 16.7 Å². The summed E-state index contributed by atoms with van der Waals surface area (Å²) < 4.78 is 10.6. The van der Waals surface area contributed by atoms with E-state index < -0.39 is 0 Å². The van der Waals surface area contributed by atoms with Crippen LogP contribution < -0.4 is 19.7 Å². The maximum Gasteiger partial charge on any atom is 0.279 e. The van der Waals surface area contributed by atoms with Crippen molar-refractivity contribution in [2.24, 2.45) is 0 Å². The second kappa shape index (κ2) is 9.25. The molecule has 0 spiro atoms. The predicted molar refractivity (Wildman–Crippen MR) is 104 cm³/mol. The van der Waals surface area contributed by atoms with Gasteiger partial charge in [-0.15, -0.1) is 0 Å². The highest BCUT2D eigenvalue weighted by molar-refractivity contribution is 5.91. The number of hydrogen-bond acceptors (Lipinski definition) is 3. The average Bonchev–Trinajstić information content (AvgIpc) is 2.58. The normalized spacial score (nSPS) is 11.7. The second-order valence-corrected chi connectivity index (χ2v) is 6.75. The van der Waals surface area contributed by atoms with E-state index in [4.69, 9.17) is 9.47 Å². The number of aryl methyl sites for hydroxylation is 2. The van der Waals surface area contributed by atoms with Crippen LogP contribution in [0.15, 0.2) is 36.4 Å². The summed E-state index contributed by atoms with van der Waals surface area (Å²) in [6, 6.07) is 12.0. The Morgan fingerprint density at radius 2 is 1.65 bits per heavy atom. The quantitative estimate of drug-likeness (QED) is 0.760. The molecule has 1 atom stereocenters. The maximum absolute atomic E-state index is 12.3. The van der Waals surface area contributed by atoms with Crippen LogP contribution in [0, 0.1) is 13.8 Å². The molecule has 0 aliphatic carbocycles. The summed E-state index contributed by atoms with van der Waals surface area (Å²) in [5.41, 5.74) is 4.32. The molecule has 1 amide bonds. The monoisotopic (exact) mass is 357 g/mol. The first-order valence-electron chi connectivity index (χ1n) is 8.81. The molecule has 0 bridgehead atoms. The third kappa shape index (κ3) is 5.77. The van der Waals surface area contributed by atoms with Gasteiger partial charge in [0.1, 0.15) is 0 Å². The summed E-state index contributed by atoms with van der Waals surface area (Å²) in [7, 11) is 5.29. The summed E-state index contributed by atoms with van der Waals surface area (Å²) >= 11 is 0. The molecular formula is C21H29N2O3+. The summed E-state index contributed by atoms with van der Waals surface area (Å²) in [6.45, 7) is 5.35. The zero-order valence-electron chi connectivity index (χ0n) is 16.3. The molecule has 2 rings (SSSR count). The molecule has 0 aromatic heterocycles. The molecule has 1 unspecified atom stereocenters. The number of quaternary nitrogens is 1. The van der Waals surface area contributed by atoms with Crippen LogP contribution in [0.2, 0.25) is 0 Å². The molecule has 0 fully saturated rings. The minimum atomic E-state index is 0.0276. The van der Waals surface area contributed by atoms with Gasteiger partial charge in [0, 0.05) is 12.1 Å². The molecule has 0 saturated carbocycles. The van der Waals surface area contributed by atoms with E-state index in [1.807, 2.05) is 51.2 Å². The summed E-state index contributed by atoms with van der Waals surface area (Å²) in [6.07, 6.45) is 0.864. The van der Waals surface area contributed by atoms with Crippen molar-refractivity contribution >= 4 is 11.6 Å². The van der Waals surface area contributed by atoms with Crippen molar-refractivity contribution in [3.63, 3.8) is 0 Å². The molecule has 0 heterocycles. The van der Waals surface area contributed by atoms with Crippen LogP contribution in [0.3, 0.4) is 0 Å². The first-order valence-corrected chi connectivity index (χ1v) is 8.81. The predicted octanol–water partition coefficient (Wildman–Crippen LogP) is 2.02. The number of methoxy groups -OCH3 is 2. The smallest absolute Gasteiger partial charge is 0.279 e. The van der Waals surface area contributed by atoms with Crippen molar-refractivity contribution in [2.45, 2.75) is 20.3 Å². The molecule has 26 heavy (non-hydrogen) atoms. The Kier molecular flexibility index (Phi) is 7.04. The molecule has 0 aliphatic heterocycles. The van der Waals surface area contributed by atoms with Crippen LogP contribution in [0.25, 0.3) is 0 Å². The Balaban J connectivity index is 1.86. The standard InChI is InChI=1S/C21H28N2O3/c1-15-10-16(2)12-18(11-15)22-21(24)14-23(3)9-8-17-6-7-19(25-4)20(13-17)26-5/h6-7,10-13H,8-9,14H2,1-5H3,(H,22,24)/p+1. The lowest BCUT2D eigenvalue weighted by molar-refractivity contribution is -0.870. The molecule has 2 N–H and O–H groups in total. The fourth-order valence-electron chi connectivity index (χ4n) is 3.01. The Morgan fingerprint density at radius 1 is 1.00 bits per heavy atom. The van der Waals surface area contributed by atoms with E-state index in [9.17, 15) is 4.79 Å². The maximum atomic E-state index is 12.3. The fraction of sp³-hybridized carbons (Fsp3) is 0.381. The van der Waals surface area contributed by atoms with E-state index in [1.54, 1.807) is 14.2 Å². The van der Waals surface area contributed by atoms with Gasteiger partial charge in [-0.1, -0.05) is 12.1 Å². The number of likely N-dealkylation sites (N-methyl/N-ethyl adjacent to an activating group) is 1. The number of ether oxygens (including phenoxy) is 2. The van der Waals surface area contributed by atoms with E-state index in [2.05, 4.69) is 11.4 Å². The van der Waals surface area contributed by atoms with Crippen molar-refractivity contribution in [3.05, 3.63) is 53.1 Å². The number of anilines is 1. The highest BCUT2D eigenvalue weighted by Gasteiger charge is 2.12. The Morgan fingerprint density at radius 3 is 2.27 bits per heavy atom. The number of benzene rings is 2. The van der Waals surface area contributed by atoms with Gasteiger partial charge in [-0.2, -0.15) is 0 Å². The third-order valence-electron chi connectivity index (χ3n) is 4.26. The van der Waals surface area contributed by atoms with Gasteiger partial charge in [-0.3, -0.25) is 4.79 Å². The molecule has 2 aromatic rings. The lowest BCUT2D eigenvalue weighted by atomic mass is 10.1. The number of amides is 1. The van der Waals surface area contributed by atoms with Crippen molar-refractivity contribution in [2.75, 3.05) is 39.7 Å². The Bertz CT molecular complexity index is 739. The highest BCUT2D eigenvalue weighted by Crippen LogP contribution is 2.27. The molecule has 0 radical (unpaired) electrons. The average molecular weight is 357 g/mol. The van der Waals surface area contributed by atoms with Gasteiger partial charge in [-0.25, -0.2) is 0 Å². The minimum absolute atomic E-state index is 0.0276. The van der Waals surface area contributed by atoms with Gasteiger partial charge in [0.15, 0.2) is 18.0 Å². The fourth-order valence-corrected chi connectivity index (χ4v) is 3.01. The molecule has 2 aromatic carbocycles. The molecule has 5 nitrogen and oxygen atoms in total. The molecular weight excluding hydrogens is 328 g/mol. The van der Waals surface area contributed by atoms with Crippen LogP contribution in [-0.2, 0) is 11.2 Å². The van der Waals surface area contributed by atoms with Crippen molar-refractivity contribution in [1.82, 2.24) is 0 Å². The summed E-state index contributed by atoms with van der Waals surface area (Å²) in [5, 5.41) is 2.99. The lowest BCUT2D eigenvalue weighted by Crippen LogP contribution is -3.10. The molecule has 5 heteroatoms. The molecule has 0 saturated heterocycles. The van der Waals surface area contributed by atoms with Crippen LogP contribution >= 0.6 is 0 Å². The van der Waals surface area contributed by atoms with E-state index in [0.29, 0.717) is 6.54 Å². The zero-order valence-corrected chi connectivity index (χ0v) is 16.3. The SMILES string of the molecule is COc1ccc(CC[NH+](C)CC(=O)Nc2cc(C)cc(C)c2)cc1OC. The Labute approximate surface area is 155 Å². The Hall–Kier alpha value is -2.53. The van der Waals surface area contributed by atoms with Gasteiger partial charge >= 0.3 is 0 Å². The van der Waals surface area contributed by atoms with E-state index >= 15 is 0 Å². The summed E-state index contributed by atoms with van der Waals surface area (Å²) in [4.78, 5) is 13.4. The van der Waals surface area contributed by atoms with Crippen LogP contribution in [-0.4, -0.2) is 40.3 Å². The van der Waals surface area contributed by atoms with Crippen molar-refractivity contribution in [1.29, 1.82) is 0 Å². The second-order valence-electron chi connectivity index (χ2n) is 6.75. The zero-order chi connectivity index (χ0) is 19.1.